The number of fused-ring (bicyclic) bond motifs is 1. The van der Waals surface area contributed by atoms with Gasteiger partial charge >= 0.3 is 0 Å². The first-order chi connectivity index (χ1) is 5.73. The van der Waals surface area contributed by atoms with E-state index in [9.17, 15) is 4.79 Å². The molecule has 2 fully saturated rings. The van der Waals surface area contributed by atoms with Crippen LogP contribution in [-0.4, -0.2) is 5.78 Å². The molecule has 64 valence electrons. The molecule has 0 saturated heterocycles. The Morgan fingerprint density at radius 1 is 1.67 bits per heavy atom. The molecule has 2 atom stereocenters. The molecule has 2 saturated carbocycles. The standard InChI is InChI=1S/C11H14O/c1-3-8-9-5-6-11(9,4-2)7-10(8)12/h3-4,9H,2,5-7H2,1H3/b8-3-/t9?,11-/m1/s1. The number of hydrogen-bond acceptors (Lipinski definition) is 1. The molecule has 0 aromatic rings. The topological polar surface area (TPSA) is 17.1 Å². The maximum atomic E-state index is 11.5. The zero-order valence-electron chi connectivity index (χ0n) is 7.47. The summed E-state index contributed by atoms with van der Waals surface area (Å²) in [7, 11) is 0. The van der Waals surface area contributed by atoms with E-state index in [1.54, 1.807) is 0 Å². The van der Waals surface area contributed by atoms with E-state index in [0.717, 1.165) is 12.0 Å². The number of rotatable bonds is 1. The Labute approximate surface area is 73.2 Å². The van der Waals surface area contributed by atoms with E-state index >= 15 is 0 Å². The van der Waals surface area contributed by atoms with Crippen molar-refractivity contribution in [3.8, 4) is 0 Å². The SMILES string of the molecule is C=C[C@]12CCC1/C(=C/C)C(=O)C2. The van der Waals surface area contributed by atoms with Crippen LogP contribution in [0.1, 0.15) is 26.2 Å². The van der Waals surface area contributed by atoms with Gasteiger partial charge in [0.1, 0.15) is 0 Å². The van der Waals surface area contributed by atoms with Crippen LogP contribution in [0.2, 0.25) is 0 Å². The first-order valence-corrected chi connectivity index (χ1v) is 4.56. The van der Waals surface area contributed by atoms with Crippen molar-refractivity contribution in [3.05, 3.63) is 24.3 Å². The van der Waals surface area contributed by atoms with E-state index in [0.29, 0.717) is 18.1 Å². The van der Waals surface area contributed by atoms with Gasteiger partial charge in [-0.2, -0.15) is 0 Å². The monoisotopic (exact) mass is 162 g/mol. The van der Waals surface area contributed by atoms with Crippen molar-refractivity contribution in [2.75, 3.05) is 0 Å². The Hall–Kier alpha value is -0.850. The van der Waals surface area contributed by atoms with Crippen molar-refractivity contribution in [1.29, 1.82) is 0 Å². The molecular weight excluding hydrogens is 148 g/mol. The molecule has 1 nitrogen and oxygen atoms in total. The van der Waals surface area contributed by atoms with Crippen LogP contribution in [-0.2, 0) is 4.79 Å². The van der Waals surface area contributed by atoms with Crippen LogP contribution in [0.4, 0.5) is 0 Å². The smallest absolute Gasteiger partial charge is 0.159 e. The second-order valence-corrected chi connectivity index (χ2v) is 3.87. The molecule has 0 amide bonds. The summed E-state index contributed by atoms with van der Waals surface area (Å²) in [4.78, 5) is 11.5. The summed E-state index contributed by atoms with van der Waals surface area (Å²) >= 11 is 0. The number of ketones is 1. The predicted octanol–water partition coefficient (Wildman–Crippen LogP) is 2.49. The molecule has 0 radical (unpaired) electrons. The van der Waals surface area contributed by atoms with Gasteiger partial charge in [-0.05, 0) is 31.3 Å². The Bertz CT molecular complexity index is 275. The van der Waals surface area contributed by atoms with Gasteiger partial charge in [0.05, 0.1) is 0 Å². The minimum atomic E-state index is 0.166. The summed E-state index contributed by atoms with van der Waals surface area (Å²) in [5.41, 5.74) is 1.22. The average Bonchev–Trinajstić information content (AvgIpc) is 2.23. The van der Waals surface area contributed by atoms with Crippen LogP contribution in [0.5, 0.6) is 0 Å². The predicted molar refractivity (Wildman–Crippen MR) is 48.7 cm³/mol. The molecule has 2 aliphatic carbocycles. The Balaban J connectivity index is 2.37. The fourth-order valence-corrected chi connectivity index (χ4v) is 2.61. The molecule has 0 heterocycles. The summed E-state index contributed by atoms with van der Waals surface area (Å²) in [6.07, 6.45) is 7.02. The van der Waals surface area contributed by atoms with Gasteiger partial charge in [0.2, 0.25) is 0 Å². The molecule has 0 aromatic heterocycles. The van der Waals surface area contributed by atoms with E-state index in [1.807, 2.05) is 19.1 Å². The molecule has 0 aliphatic heterocycles. The molecule has 0 aromatic carbocycles. The van der Waals surface area contributed by atoms with Crippen molar-refractivity contribution in [1.82, 2.24) is 0 Å². The number of allylic oxidation sites excluding steroid dienone is 3. The van der Waals surface area contributed by atoms with Crippen LogP contribution < -0.4 is 0 Å². The highest BCUT2D eigenvalue weighted by Crippen LogP contribution is 2.59. The second kappa shape index (κ2) is 2.32. The van der Waals surface area contributed by atoms with E-state index < -0.39 is 0 Å². The summed E-state index contributed by atoms with van der Waals surface area (Å²) in [6.45, 7) is 5.80. The van der Waals surface area contributed by atoms with Gasteiger partial charge in [-0.1, -0.05) is 12.2 Å². The number of carbonyl (C=O) groups is 1. The van der Waals surface area contributed by atoms with E-state index in [-0.39, 0.29) is 5.41 Å². The normalized spacial score (nSPS) is 42.6. The molecule has 1 heteroatoms. The molecule has 1 unspecified atom stereocenters. The quantitative estimate of drug-likeness (QED) is 0.427. The van der Waals surface area contributed by atoms with E-state index in [4.69, 9.17) is 0 Å². The van der Waals surface area contributed by atoms with Gasteiger partial charge < -0.3 is 0 Å². The highest BCUT2D eigenvalue weighted by Gasteiger charge is 2.53. The van der Waals surface area contributed by atoms with E-state index in [1.165, 1.54) is 6.42 Å². The number of hydrogen-bond donors (Lipinski definition) is 0. The third kappa shape index (κ3) is 0.715. The summed E-state index contributed by atoms with van der Waals surface area (Å²) in [6, 6.07) is 0. The van der Waals surface area contributed by atoms with Crippen LogP contribution in [0.15, 0.2) is 24.3 Å². The lowest BCUT2D eigenvalue weighted by Crippen LogP contribution is -2.33. The molecule has 2 rings (SSSR count). The summed E-state index contributed by atoms with van der Waals surface area (Å²) in [5.74, 6) is 0.854. The lowest BCUT2D eigenvalue weighted by molar-refractivity contribution is -0.115. The molecular formula is C11H14O. The minimum Gasteiger partial charge on any atom is -0.295 e. The van der Waals surface area contributed by atoms with E-state index in [2.05, 4.69) is 6.58 Å². The van der Waals surface area contributed by atoms with Gasteiger partial charge in [0, 0.05) is 11.8 Å². The Morgan fingerprint density at radius 3 is 2.75 bits per heavy atom. The van der Waals surface area contributed by atoms with Crippen molar-refractivity contribution in [2.24, 2.45) is 11.3 Å². The number of carbonyl (C=O) groups excluding carboxylic acids is 1. The van der Waals surface area contributed by atoms with Gasteiger partial charge in [-0.25, -0.2) is 0 Å². The fourth-order valence-electron chi connectivity index (χ4n) is 2.61. The van der Waals surface area contributed by atoms with Crippen LogP contribution in [0.25, 0.3) is 0 Å². The third-order valence-corrected chi connectivity index (χ3v) is 3.50. The van der Waals surface area contributed by atoms with Gasteiger partial charge in [0.15, 0.2) is 5.78 Å². The second-order valence-electron chi connectivity index (χ2n) is 3.87. The molecule has 12 heavy (non-hydrogen) atoms. The lowest BCUT2D eigenvalue weighted by Gasteiger charge is -2.42. The average molecular weight is 162 g/mol. The highest BCUT2D eigenvalue weighted by molar-refractivity contribution is 6.00. The molecule has 0 bridgehead atoms. The highest BCUT2D eigenvalue weighted by atomic mass is 16.1. The van der Waals surface area contributed by atoms with Gasteiger partial charge in [-0.15, -0.1) is 6.58 Å². The van der Waals surface area contributed by atoms with Crippen molar-refractivity contribution < 1.29 is 4.79 Å². The summed E-state index contributed by atoms with van der Waals surface area (Å²) in [5, 5.41) is 0. The molecule has 0 spiro atoms. The van der Waals surface area contributed by atoms with Gasteiger partial charge in [0.25, 0.3) is 0 Å². The van der Waals surface area contributed by atoms with Gasteiger partial charge in [-0.3, -0.25) is 4.79 Å². The first-order valence-electron chi connectivity index (χ1n) is 4.56. The third-order valence-electron chi connectivity index (χ3n) is 3.50. The van der Waals surface area contributed by atoms with Crippen LogP contribution in [0, 0.1) is 11.3 Å². The van der Waals surface area contributed by atoms with Crippen LogP contribution >= 0.6 is 0 Å². The van der Waals surface area contributed by atoms with Crippen LogP contribution in [0.3, 0.4) is 0 Å². The summed E-state index contributed by atoms with van der Waals surface area (Å²) < 4.78 is 0. The Morgan fingerprint density at radius 2 is 2.42 bits per heavy atom. The molecule has 2 aliphatic rings. The maximum Gasteiger partial charge on any atom is 0.159 e. The zero-order valence-corrected chi connectivity index (χ0v) is 7.47. The van der Waals surface area contributed by atoms with Crippen molar-refractivity contribution >= 4 is 5.78 Å². The fraction of sp³-hybridized carbons (Fsp3) is 0.545. The molecule has 0 N–H and O–H groups in total. The van der Waals surface area contributed by atoms with Crippen molar-refractivity contribution in [3.63, 3.8) is 0 Å². The largest absolute Gasteiger partial charge is 0.295 e. The Kier molecular flexibility index (Phi) is 1.50. The number of Topliss-reactive ketones (excluding diaryl/α,β-unsaturated/α-hetero) is 1. The lowest BCUT2D eigenvalue weighted by atomic mass is 9.61. The first kappa shape index (κ1) is 7.78. The van der Waals surface area contributed by atoms with Crippen molar-refractivity contribution in [2.45, 2.75) is 26.2 Å². The minimum absolute atomic E-state index is 0.166. The maximum absolute atomic E-state index is 11.5. The zero-order chi connectivity index (χ0) is 8.77.